The van der Waals surface area contributed by atoms with Gasteiger partial charge in [0.1, 0.15) is 11.5 Å². The normalized spacial score (nSPS) is 15.4. The summed E-state index contributed by atoms with van der Waals surface area (Å²) in [4.78, 5) is 23.6. The van der Waals surface area contributed by atoms with Crippen molar-refractivity contribution in [2.75, 3.05) is 5.32 Å². The molecule has 2 heterocycles. The van der Waals surface area contributed by atoms with Gasteiger partial charge in [-0.3, -0.25) is 4.79 Å². The van der Waals surface area contributed by atoms with E-state index in [1.54, 1.807) is 0 Å². The molecule has 3 amide bonds. The molecule has 0 radical (unpaired) electrons. The number of hydrogen-bond acceptors (Lipinski definition) is 3. The van der Waals surface area contributed by atoms with Crippen molar-refractivity contribution in [2.24, 2.45) is 0 Å². The van der Waals surface area contributed by atoms with Gasteiger partial charge in [-0.1, -0.05) is 12.1 Å². The number of aryl methyl sites for hydroxylation is 1. The molecule has 6 heteroatoms. The Bertz CT molecular complexity index is 782. The zero-order chi connectivity index (χ0) is 17.3. The van der Waals surface area contributed by atoms with E-state index in [0.717, 1.165) is 28.3 Å². The summed E-state index contributed by atoms with van der Waals surface area (Å²) in [6, 6.07) is 8.82. The second-order valence-corrected chi connectivity index (χ2v) is 6.15. The predicted molar refractivity (Wildman–Crippen MR) is 90.7 cm³/mol. The van der Waals surface area contributed by atoms with Gasteiger partial charge >= 0.3 is 6.03 Å². The van der Waals surface area contributed by atoms with E-state index in [4.69, 9.17) is 4.42 Å². The maximum absolute atomic E-state index is 12.2. The number of rotatable bonds is 4. The standard InChI is InChI=1S/C18H21N3O3/c1-10-4-7-16(24-10)12(3)20-18(23)19-11(2)13-5-6-15-14(8-13)9-17(22)21-15/h4-8,11-12H,9H2,1-3H3,(H,21,22)(H2,19,20,23)/t11-,12+/m0/s1. The zero-order valence-corrected chi connectivity index (χ0v) is 14.0. The summed E-state index contributed by atoms with van der Waals surface area (Å²) in [6.07, 6.45) is 0.386. The van der Waals surface area contributed by atoms with Gasteiger partial charge in [0.15, 0.2) is 0 Å². The maximum atomic E-state index is 12.2. The fraction of sp³-hybridized carbons (Fsp3) is 0.333. The van der Waals surface area contributed by atoms with E-state index >= 15 is 0 Å². The molecule has 126 valence electrons. The lowest BCUT2D eigenvalue weighted by Gasteiger charge is -2.18. The summed E-state index contributed by atoms with van der Waals surface area (Å²) in [5.74, 6) is 1.54. The quantitative estimate of drug-likeness (QED) is 0.806. The Hall–Kier alpha value is -2.76. The maximum Gasteiger partial charge on any atom is 0.315 e. The molecule has 1 aliphatic rings. The summed E-state index contributed by atoms with van der Waals surface area (Å²) in [5.41, 5.74) is 2.77. The number of hydrogen-bond donors (Lipinski definition) is 3. The first-order valence-electron chi connectivity index (χ1n) is 7.98. The number of nitrogens with one attached hydrogen (secondary N) is 3. The van der Waals surface area contributed by atoms with Crippen LogP contribution in [-0.4, -0.2) is 11.9 Å². The molecule has 3 rings (SSSR count). The van der Waals surface area contributed by atoms with E-state index in [2.05, 4.69) is 16.0 Å². The molecule has 1 aromatic carbocycles. The first kappa shape index (κ1) is 16.1. The molecule has 3 N–H and O–H groups in total. The Morgan fingerprint density at radius 2 is 1.92 bits per heavy atom. The number of furan rings is 1. The van der Waals surface area contributed by atoms with Crippen LogP contribution in [0.5, 0.6) is 0 Å². The smallest absolute Gasteiger partial charge is 0.315 e. The predicted octanol–water partition coefficient (Wildman–Crippen LogP) is 3.20. The third-order valence-electron chi connectivity index (χ3n) is 4.14. The lowest BCUT2D eigenvalue weighted by Crippen LogP contribution is -2.38. The fourth-order valence-corrected chi connectivity index (χ4v) is 2.79. The number of benzene rings is 1. The van der Waals surface area contributed by atoms with Crippen molar-refractivity contribution >= 4 is 17.6 Å². The summed E-state index contributed by atoms with van der Waals surface area (Å²) in [6.45, 7) is 5.65. The molecule has 0 unspecified atom stereocenters. The van der Waals surface area contributed by atoms with E-state index in [1.807, 2.05) is 51.1 Å². The number of fused-ring (bicyclic) bond motifs is 1. The molecule has 24 heavy (non-hydrogen) atoms. The molecule has 0 aliphatic carbocycles. The van der Waals surface area contributed by atoms with Crippen molar-refractivity contribution in [2.45, 2.75) is 39.3 Å². The van der Waals surface area contributed by atoms with Crippen LogP contribution in [0.1, 0.15) is 48.6 Å². The third-order valence-corrected chi connectivity index (χ3v) is 4.14. The van der Waals surface area contributed by atoms with Crippen LogP contribution in [0.4, 0.5) is 10.5 Å². The van der Waals surface area contributed by atoms with Crippen molar-refractivity contribution < 1.29 is 14.0 Å². The number of anilines is 1. The lowest BCUT2D eigenvalue weighted by atomic mass is 10.0. The second-order valence-electron chi connectivity index (χ2n) is 6.15. The second kappa shape index (κ2) is 6.39. The molecule has 2 atom stereocenters. The largest absolute Gasteiger partial charge is 0.464 e. The van der Waals surface area contributed by atoms with Crippen molar-refractivity contribution in [1.82, 2.24) is 10.6 Å². The van der Waals surface area contributed by atoms with E-state index in [9.17, 15) is 9.59 Å². The highest BCUT2D eigenvalue weighted by atomic mass is 16.3. The Balaban J connectivity index is 1.60. The minimum Gasteiger partial charge on any atom is -0.464 e. The number of amides is 3. The van der Waals surface area contributed by atoms with Gasteiger partial charge in [0.05, 0.1) is 18.5 Å². The number of carbonyl (C=O) groups excluding carboxylic acids is 2. The Labute approximate surface area is 140 Å². The van der Waals surface area contributed by atoms with Crippen LogP contribution in [0.25, 0.3) is 0 Å². The lowest BCUT2D eigenvalue weighted by molar-refractivity contribution is -0.115. The summed E-state index contributed by atoms with van der Waals surface area (Å²) in [7, 11) is 0. The minimum absolute atomic E-state index is 0.00284. The van der Waals surface area contributed by atoms with Crippen LogP contribution in [0.3, 0.4) is 0 Å². The van der Waals surface area contributed by atoms with Crippen LogP contribution < -0.4 is 16.0 Å². The Morgan fingerprint density at radius 1 is 1.17 bits per heavy atom. The topological polar surface area (TPSA) is 83.4 Å². The van der Waals surface area contributed by atoms with Gasteiger partial charge in [-0.2, -0.15) is 0 Å². The average Bonchev–Trinajstić information content (AvgIpc) is 3.10. The van der Waals surface area contributed by atoms with Crippen molar-refractivity contribution in [1.29, 1.82) is 0 Å². The molecule has 0 bridgehead atoms. The third kappa shape index (κ3) is 3.42. The monoisotopic (exact) mass is 327 g/mol. The van der Waals surface area contributed by atoms with Crippen LogP contribution in [0.15, 0.2) is 34.7 Å². The van der Waals surface area contributed by atoms with E-state index < -0.39 is 0 Å². The number of carbonyl (C=O) groups is 2. The summed E-state index contributed by atoms with van der Waals surface area (Å²) >= 11 is 0. The van der Waals surface area contributed by atoms with Gasteiger partial charge in [0.25, 0.3) is 0 Å². The molecule has 1 aromatic heterocycles. The summed E-state index contributed by atoms with van der Waals surface area (Å²) < 4.78 is 5.51. The SMILES string of the molecule is Cc1ccc([C@@H](C)NC(=O)N[C@@H](C)c2ccc3c(c2)CC(=O)N3)o1. The Kier molecular flexibility index (Phi) is 4.29. The van der Waals surface area contributed by atoms with Gasteiger partial charge in [-0.25, -0.2) is 4.79 Å². The molecule has 0 saturated carbocycles. The van der Waals surface area contributed by atoms with Crippen LogP contribution >= 0.6 is 0 Å². The van der Waals surface area contributed by atoms with Crippen molar-refractivity contribution in [3.63, 3.8) is 0 Å². The number of urea groups is 1. The van der Waals surface area contributed by atoms with E-state index in [1.165, 1.54) is 0 Å². The molecule has 2 aromatic rings. The minimum atomic E-state index is -0.265. The molecule has 0 spiro atoms. The zero-order valence-electron chi connectivity index (χ0n) is 14.0. The van der Waals surface area contributed by atoms with Crippen LogP contribution in [0.2, 0.25) is 0 Å². The molecule has 0 fully saturated rings. The highest BCUT2D eigenvalue weighted by Crippen LogP contribution is 2.26. The van der Waals surface area contributed by atoms with Crippen LogP contribution in [-0.2, 0) is 11.2 Å². The summed E-state index contributed by atoms with van der Waals surface area (Å²) in [5, 5.41) is 8.57. The van der Waals surface area contributed by atoms with Gasteiger partial charge in [-0.05, 0) is 50.1 Å². The molecule has 6 nitrogen and oxygen atoms in total. The first-order chi connectivity index (χ1) is 11.4. The molecular weight excluding hydrogens is 306 g/mol. The Morgan fingerprint density at radius 3 is 2.62 bits per heavy atom. The van der Waals surface area contributed by atoms with E-state index in [-0.39, 0.29) is 24.0 Å². The first-order valence-corrected chi connectivity index (χ1v) is 7.98. The van der Waals surface area contributed by atoms with Gasteiger partial charge < -0.3 is 20.4 Å². The highest BCUT2D eigenvalue weighted by molar-refractivity contribution is 5.99. The van der Waals surface area contributed by atoms with Crippen molar-refractivity contribution in [3.8, 4) is 0 Å². The molecular formula is C18H21N3O3. The van der Waals surface area contributed by atoms with Gasteiger partial charge in [-0.15, -0.1) is 0 Å². The molecule has 0 saturated heterocycles. The average molecular weight is 327 g/mol. The van der Waals surface area contributed by atoms with Crippen LogP contribution in [0, 0.1) is 6.92 Å². The van der Waals surface area contributed by atoms with Gasteiger partial charge in [0, 0.05) is 5.69 Å². The van der Waals surface area contributed by atoms with Crippen molar-refractivity contribution in [3.05, 3.63) is 53.0 Å². The van der Waals surface area contributed by atoms with E-state index in [0.29, 0.717) is 6.42 Å². The van der Waals surface area contributed by atoms with Gasteiger partial charge in [0.2, 0.25) is 5.91 Å². The highest BCUT2D eigenvalue weighted by Gasteiger charge is 2.20. The fourth-order valence-electron chi connectivity index (χ4n) is 2.79. The molecule has 1 aliphatic heterocycles.